The molecule has 0 amide bonds. The standard InChI is InChI=1S/C21H20O/c1-2-22-21(18-12-6-3-7-13-18,19-14-8-4-9-15-19)20-16-10-5-11-17-20/h3-17H,2H2,1H3. The normalized spacial score (nSPS) is 11.3. The molecule has 0 bridgehead atoms. The van der Waals surface area contributed by atoms with E-state index in [1.165, 1.54) is 0 Å². The summed E-state index contributed by atoms with van der Waals surface area (Å²) < 4.78 is 6.39. The second-order valence-corrected chi connectivity index (χ2v) is 5.21. The predicted molar refractivity (Wildman–Crippen MR) is 90.8 cm³/mol. The lowest BCUT2D eigenvalue weighted by molar-refractivity contribution is 0.0216. The van der Waals surface area contributed by atoms with Crippen LogP contribution in [0.5, 0.6) is 0 Å². The Morgan fingerprint density at radius 2 is 0.909 bits per heavy atom. The van der Waals surface area contributed by atoms with E-state index < -0.39 is 5.60 Å². The Hall–Kier alpha value is -2.38. The van der Waals surface area contributed by atoms with E-state index in [0.29, 0.717) is 6.61 Å². The minimum atomic E-state index is -0.571. The van der Waals surface area contributed by atoms with Crippen LogP contribution in [-0.4, -0.2) is 6.61 Å². The zero-order valence-electron chi connectivity index (χ0n) is 12.8. The molecule has 3 aromatic rings. The molecule has 0 atom stereocenters. The van der Waals surface area contributed by atoms with Gasteiger partial charge in [-0.15, -0.1) is 0 Å². The first kappa shape index (κ1) is 14.6. The molecule has 22 heavy (non-hydrogen) atoms. The van der Waals surface area contributed by atoms with Crippen LogP contribution >= 0.6 is 0 Å². The van der Waals surface area contributed by atoms with Crippen molar-refractivity contribution in [1.29, 1.82) is 0 Å². The summed E-state index contributed by atoms with van der Waals surface area (Å²) >= 11 is 0. The van der Waals surface area contributed by atoms with Crippen molar-refractivity contribution in [2.24, 2.45) is 0 Å². The van der Waals surface area contributed by atoms with Crippen LogP contribution in [0.1, 0.15) is 23.6 Å². The van der Waals surface area contributed by atoms with Crippen molar-refractivity contribution in [2.45, 2.75) is 12.5 Å². The maximum Gasteiger partial charge on any atom is 0.143 e. The summed E-state index contributed by atoms with van der Waals surface area (Å²) in [6, 6.07) is 31.3. The third kappa shape index (κ3) is 2.56. The molecule has 110 valence electrons. The number of benzene rings is 3. The minimum absolute atomic E-state index is 0.571. The third-order valence-corrected chi connectivity index (χ3v) is 3.90. The first-order valence-electron chi connectivity index (χ1n) is 7.68. The van der Waals surface area contributed by atoms with Crippen molar-refractivity contribution in [1.82, 2.24) is 0 Å². The molecule has 0 N–H and O–H groups in total. The Morgan fingerprint density at radius 3 is 1.18 bits per heavy atom. The fourth-order valence-corrected chi connectivity index (χ4v) is 2.99. The van der Waals surface area contributed by atoms with Gasteiger partial charge >= 0.3 is 0 Å². The fraction of sp³-hybridized carbons (Fsp3) is 0.143. The van der Waals surface area contributed by atoms with E-state index in [4.69, 9.17) is 4.74 Å². The molecule has 3 aromatic carbocycles. The number of hydrogen-bond acceptors (Lipinski definition) is 1. The van der Waals surface area contributed by atoms with E-state index in [0.717, 1.165) is 16.7 Å². The van der Waals surface area contributed by atoms with Gasteiger partial charge in [0.05, 0.1) is 0 Å². The van der Waals surface area contributed by atoms with Crippen LogP contribution in [0.15, 0.2) is 91.0 Å². The lowest BCUT2D eigenvalue weighted by Gasteiger charge is -2.35. The van der Waals surface area contributed by atoms with Crippen molar-refractivity contribution in [3.05, 3.63) is 108 Å². The first-order valence-corrected chi connectivity index (χ1v) is 7.68. The van der Waals surface area contributed by atoms with Gasteiger partial charge in [0.25, 0.3) is 0 Å². The zero-order valence-corrected chi connectivity index (χ0v) is 12.8. The summed E-state index contributed by atoms with van der Waals surface area (Å²) in [4.78, 5) is 0. The predicted octanol–water partition coefficient (Wildman–Crippen LogP) is 5.02. The van der Waals surface area contributed by atoms with Crippen molar-refractivity contribution < 1.29 is 4.74 Å². The topological polar surface area (TPSA) is 9.23 Å². The average Bonchev–Trinajstić information content (AvgIpc) is 2.62. The van der Waals surface area contributed by atoms with Gasteiger partial charge in [0, 0.05) is 6.61 Å². The summed E-state index contributed by atoms with van der Waals surface area (Å²) in [6.45, 7) is 2.68. The summed E-state index contributed by atoms with van der Waals surface area (Å²) in [7, 11) is 0. The molecular formula is C21H20O. The maximum absolute atomic E-state index is 6.39. The monoisotopic (exact) mass is 288 g/mol. The van der Waals surface area contributed by atoms with Crippen molar-refractivity contribution in [3.8, 4) is 0 Å². The highest BCUT2D eigenvalue weighted by molar-refractivity contribution is 5.47. The van der Waals surface area contributed by atoms with E-state index in [-0.39, 0.29) is 0 Å². The molecule has 0 saturated heterocycles. The highest BCUT2D eigenvalue weighted by Gasteiger charge is 2.36. The van der Waals surface area contributed by atoms with E-state index in [1.807, 2.05) is 25.1 Å². The molecule has 0 aliphatic carbocycles. The number of ether oxygens (including phenoxy) is 1. The van der Waals surface area contributed by atoms with Gasteiger partial charge in [0.1, 0.15) is 5.60 Å². The summed E-state index contributed by atoms with van der Waals surface area (Å²) in [5.74, 6) is 0. The van der Waals surface area contributed by atoms with Gasteiger partial charge in [-0.05, 0) is 23.6 Å². The zero-order chi connectivity index (χ0) is 15.3. The van der Waals surface area contributed by atoms with Crippen molar-refractivity contribution >= 4 is 0 Å². The Bertz CT molecular complexity index is 593. The quantitative estimate of drug-likeness (QED) is 0.599. The minimum Gasteiger partial charge on any atom is -0.361 e. The largest absolute Gasteiger partial charge is 0.361 e. The van der Waals surface area contributed by atoms with Crippen LogP contribution < -0.4 is 0 Å². The van der Waals surface area contributed by atoms with Crippen molar-refractivity contribution in [2.75, 3.05) is 6.61 Å². The second kappa shape index (κ2) is 6.59. The third-order valence-electron chi connectivity index (χ3n) is 3.90. The molecule has 1 heteroatoms. The summed E-state index contributed by atoms with van der Waals surface area (Å²) in [5.41, 5.74) is 2.87. The lowest BCUT2D eigenvalue weighted by atomic mass is 9.80. The molecule has 0 heterocycles. The summed E-state index contributed by atoms with van der Waals surface area (Å²) in [6.07, 6.45) is 0. The molecule has 0 aliphatic rings. The van der Waals surface area contributed by atoms with E-state index in [9.17, 15) is 0 Å². The number of rotatable bonds is 5. The van der Waals surface area contributed by atoms with Gasteiger partial charge in [-0.25, -0.2) is 0 Å². The van der Waals surface area contributed by atoms with Gasteiger partial charge in [-0.2, -0.15) is 0 Å². The fourth-order valence-electron chi connectivity index (χ4n) is 2.99. The van der Waals surface area contributed by atoms with Gasteiger partial charge in [0.15, 0.2) is 0 Å². The van der Waals surface area contributed by atoms with E-state index in [2.05, 4.69) is 72.8 Å². The van der Waals surface area contributed by atoms with Gasteiger partial charge in [-0.1, -0.05) is 91.0 Å². The molecule has 0 spiro atoms. The highest BCUT2D eigenvalue weighted by Crippen LogP contribution is 2.40. The van der Waals surface area contributed by atoms with Gasteiger partial charge in [-0.3, -0.25) is 0 Å². The first-order chi connectivity index (χ1) is 10.9. The van der Waals surface area contributed by atoms with Gasteiger partial charge in [0.2, 0.25) is 0 Å². The average molecular weight is 288 g/mol. The highest BCUT2D eigenvalue weighted by atomic mass is 16.5. The van der Waals surface area contributed by atoms with Crippen LogP contribution in [-0.2, 0) is 10.3 Å². The van der Waals surface area contributed by atoms with Crippen LogP contribution in [0, 0.1) is 0 Å². The Labute approximate surface area is 132 Å². The Morgan fingerprint density at radius 1 is 0.591 bits per heavy atom. The summed E-state index contributed by atoms with van der Waals surface area (Å²) in [5, 5.41) is 0. The molecule has 1 nitrogen and oxygen atoms in total. The van der Waals surface area contributed by atoms with Gasteiger partial charge < -0.3 is 4.74 Å². The van der Waals surface area contributed by atoms with Crippen LogP contribution in [0.4, 0.5) is 0 Å². The molecule has 0 radical (unpaired) electrons. The lowest BCUT2D eigenvalue weighted by Crippen LogP contribution is -2.32. The second-order valence-electron chi connectivity index (χ2n) is 5.21. The molecule has 0 fully saturated rings. The smallest absolute Gasteiger partial charge is 0.143 e. The molecule has 0 aliphatic heterocycles. The Balaban J connectivity index is 2.29. The van der Waals surface area contributed by atoms with Crippen molar-refractivity contribution in [3.63, 3.8) is 0 Å². The molecule has 3 rings (SSSR count). The molecule has 0 aromatic heterocycles. The Kier molecular flexibility index (Phi) is 4.36. The number of hydrogen-bond donors (Lipinski definition) is 0. The SMILES string of the molecule is CCOC(c1ccccc1)(c1ccccc1)c1ccccc1. The molecule has 0 saturated carbocycles. The van der Waals surface area contributed by atoms with Crippen LogP contribution in [0.3, 0.4) is 0 Å². The van der Waals surface area contributed by atoms with Crippen LogP contribution in [0.2, 0.25) is 0 Å². The van der Waals surface area contributed by atoms with E-state index in [1.54, 1.807) is 0 Å². The molecule has 0 unspecified atom stereocenters. The maximum atomic E-state index is 6.39. The molecular weight excluding hydrogens is 268 g/mol. The van der Waals surface area contributed by atoms with Crippen LogP contribution in [0.25, 0.3) is 0 Å². The van der Waals surface area contributed by atoms with E-state index >= 15 is 0 Å².